The highest BCUT2D eigenvalue weighted by atomic mass is 16.5. The molecule has 1 fully saturated rings. The van der Waals surface area contributed by atoms with Crippen molar-refractivity contribution in [3.8, 4) is 11.1 Å². The van der Waals surface area contributed by atoms with Gasteiger partial charge >= 0.3 is 12.1 Å². The number of methoxy groups -OCH3 is 1. The minimum Gasteiger partial charge on any atom is -0.481 e. The van der Waals surface area contributed by atoms with E-state index in [2.05, 4.69) is 34.9 Å². The van der Waals surface area contributed by atoms with E-state index in [1.165, 1.54) is 18.2 Å². The van der Waals surface area contributed by atoms with Crippen molar-refractivity contribution < 1.29 is 29.0 Å². The van der Waals surface area contributed by atoms with E-state index >= 15 is 0 Å². The first-order valence-electron chi connectivity index (χ1n) is 12.1. The smallest absolute Gasteiger partial charge is 0.407 e. The molecule has 3 N–H and O–H groups in total. The molecular weight excluding hydrogens is 448 g/mol. The maximum Gasteiger partial charge on any atom is 0.407 e. The number of aliphatic carboxylic acids is 1. The van der Waals surface area contributed by atoms with Gasteiger partial charge in [-0.2, -0.15) is 0 Å². The quantitative estimate of drug-likeness (QED) is 0.478. The van der Waals surface area contributed by atoms with Crippen LogP contribution in [-0.4, -0.2) is 55.5 Å². The third-order valence-corrected chi connectivity index (χ3v) is 6.95. The van der Waals surface area contributed by atoms with Crippen molar-refractivity contribution in [2.24, 2.45) is 5.92 Å². The molecule has 0 aliphatic heterocycles. The Kier molecular flexibility index (Phi) is 8.02. The first-order valence-corrected chi connectivity index (χ1v) is 12.1. The maximum atomic E-state index is 12.6. The van der Waals surface area contributed by atoms with E-state index in [1.54, 1.807) is 0 Å². The van der Waals surface area contributed by atoms with Crippen LogP contribution in [0.4, 0.5) is 4.79 Å². The Morgan fingerprint density at radius 1 is 1.03 bits per heavy atom. The Morgan fingerprint density at radius 3 is 2.31 bits per heavy atom. The molecule has 0 heterocycles. The summed E-state index contributed by atoms with van der Waals surface area (Å²) in [5.41, 5.74) is 4.63. The molecule has 2 aliphatic rings. The van der Waals surface area contributed by atoms with Crippen LogP contribution in [0.2, 0.25) is 0 Å². The average Bonchev–Trinajstić information content (AvgIpc) is 3.41. The number of carboxylic acid groups (broad SMARTS) is 1. The molecule has 0 spiro atoms. The van der Waals surface area contributed by atoms with Gasteiger partial charge < -0.3 is 25.2 Å². The number of amides is 2. The first-order chi connectivity index (χ1) is 17.0. The minimum atomic E-state index is -0.809. The number of hydrogen-bond donors (Lipinski definition) is 3. The lowest BCUT2D eigenvalue weighted by atomic mass is 9.98. The van der Waals surface area contributed by atoms with Crippen LogP contribution in [0.5, 0.6) is 0 Å². The van der Waals surface area contributed by atoms with E-state index < -0.39 is 18.2 Å². The van der Waals surface area contributed by atoms with Gasteiger partial charge in [0.15, 0.2) is 0 Å². The average molecular weight is 481 g/mol. The number of ether oxygens (including phenoxy) is 2. The second-order valence-corrected chi connectivity index (χ2v) is 9.25. The van der Waals surface area contributed by atoms with Gasteiger partial charge in [-0.15, -0.1) is 0 Å². The van der Waals surface area contributed by atoms with E-state index in [0.29, 0.717) is 12.8 Å². The van der Waals surface area contributed by atoms with Crippen LogP contribution >= 0.6 is 0 Å². The van der Waals surface area contributed by atoms with Crippen LogP contribution in [0.3, 0.4) is 0 Å². The Hall–Kier alpha value is -3.39. The zero-order valence-corrected chi connectivity index (χ0v) is 19.9. The van der Waals surface area contributed by atoms with Crippen molar-refractivity contribution >= 4 is 18.0 Å². The van der Waals surface area contributed by atoms with Gasteiger partial charge in [0.1, 0.15) is 12.7 Å². The lowest BCUT2D eigenvalue weighted by Crippen LogP contribution is -2.42. The van der Waals surface area contributed by atoms with Crippen molar-refractivity contribution in [1.29, 1.82) is 0 Å². The van der Waals surface area contributed by atoms with E-state index in [-0.39, 0.29) is 43.4 Å². The van der Waals surface area contributed by atoms with E-state index in [9.17, 15) is 14.4 Å². The first kappa shape index (κ1) is 24.7. The van der Waals surface area contributed by atoms with Crippen molar-refractivity contribution in [1.82, 2.24) is 10.6 Å². The van der Waals surface area contributed by atoms with Crippen molar-refractivity contribution in [2.45, 2.75) is 50.2 Å². The maximum absolute atomic E-state index is 12.6. The van der Waals surface area contributed by atoms with Crippen LogP contribution in [0.1, 0.15) is 49.1 Å². The Bertz CT molecular complexity index is 1030. The number of rotatable bonds is 10. The predicted molar refractivity (Wildman–Crippen MR) is 130 cm³/mol. The fourth-order valence-electron chi connectivity index (χ4n) is 5.24. The summed E-state index contributed by atoms with van der Waals surface area (Å²) in [5.74, 6) is -0.977. The third-order valence-electron chi connectivity index (χ3n) is 6.95. The number of fused-ring (bicyclic) bond motifs is 3. The lowest BCUT2D eigenvalue weighted by molar-refractivity contribution is -0.138. The molecular formula is C27H32N2O6. The Balaban J connectivity index is 1.21. The number of benzene rings is 2. The summed E-state index contributed by atoms with van der Waals surface area (Å²) < 4.78 is 10.8. The molecule has 3 atom stereocenters. The van der Waals surface area contributed by atoms with Gasteiger partial charge in [-0.3, -0.25) is 9.59 Å². The standard InChI is InChI=1S/C27H32N2O6/c1-34-24(26(32)29-18-11-10-17(14-18)15-25(30)31)12-13-28-27(33)35-16-23-21-8-4-2-6-19(21)20-7-3-5-9-22(20)23/h2-9,17-18,23-24H,10-16H2,1H3,(H,28,33)(H,29,32)(H,30,31)/t17-,18+,24?/m0/s1. The van der Waals surface area contributed by atoms with Crippen LogP contribution in [0.25, 0.3) is 11.1 Å². The molecule has 0 bridgehead atoms. The number of carboxylic acids is 1. The molecule has 35 heavy (non-hydrogen) atoms. The number of hydrogen-bond acceptors (Lipinski definition) is 5. The highest BCUT2D eigenvalue weighted by Gasteiger charge is 2.30. The van der Waals surface area contributed by atoms with Crippen molar-refractivity contribution in [2.75, 3.05) is 20.3 Å². The number of alkyl carbamates (subject to hydrolysis) is 1. The topological polar surface area (TPSA) is 114 Å². The molecule has 2 aliphatic carbocycles. The second kappa shape index (κ2) is 11.4. The molecule has 2 aromatic rings. The van der Waals surface area contributed by atoms with Crippen LogP contribution in [0.15, 0.2) is 48.5 Å². The molecule has 0 radical (unpaired) electrons. The van der Waals surface area contributed by atoms with E-state index in [1.807, 2.05) is 24.3 Å². The Morgan fingerprint density at radius 2 is 1.69 bits per heavy atom. The van der Waals surface area contributed by atoms with Gasteiger partial charge in [-0.25, -0.2) is 4.79 Å². The van der Waals surface area contributed by atoms with Gasteiger partial charge in [-0.1, -0.05) is 48.5 Å². The highest BCUT2D eigenvalue weighted by molar-refractivity contribution is 5.81. The fraction of sp³-hybridized carbons (Fsp3) is 0.444. The summed E-state index contributed by atoms with van der Waals surface area (Å²) in [5, 5.41) is 14.6. The normalized spacial score (nSPS) is 19.5. The van der Waals surface area contributed by atoms with Crippen molar-refractivity contribution in [3.63, 3.8) is 0 Å². The van der Waals surface area contributed by atoms with Crippen molar-refractivity contribution in [3.05, 3.63) is 59.7 Å². The summed E-state index contributed by atoms with van der Waals surface area (Å²) in [6, 6.07) is 16.3. The molecule has 0 aromatic heterocycles. The zero-order chi connectivity index (χ0) is 24.8. The van der Waals surface area contributed by atoms with Gasteiger partial charge in [0, 0.05) is 38.5 Å². The molecule has 0 saturated heterocycles. The Labute approximate surface area is 205 Å². The summed E-state index contributed by atoms with van der Waals surface area (Å²) >= 11 is 0. The molecule has 186 valence electrons. The number of nitrogens with one attached hydrogen (secondary N) is 2. The molecule has 8 nitrogen and oxygen atoms in total. The fourth-order valence-corrected chi connectivity index (χ4v) is 5.24. The summed E-state index contributed by atoms with van der Waals surface area (Å²) in [6.07, 6.45) is 1.40. The number of carbonyl (C=O) groups is 3. The second-order valence-electron chi connectivity index (χ2n) is 9.25. The third kappa shape index (κ3) is 6.00. The largest absolute Gasteiger partial charge is 0.481 e. The van der Waals surface area contributed by atoms with Gasteiger partial charge in [-0.05, 0) is 47.4 Å². The minimum absolute atomic E-state index is 0.0120. The van der Waals surface area contributed by atoms with Gasteiger partial charge in [0.25, 0.3) is 0 Å². The van der Waals surface area contributed by atoms with Crippen LogP contribution in [-0.2, 0) is 19.1 Å². The highest BCUT2D eigenvalue weighted by Crippen LogP contribution is 2.44. The van der Waals surface area contributed by atoms with Crippen LogP contribution in [0, 0.1) is 5.92 Å². The SMILES string of the molecule is COC(CCNC(=O)OCC1c2ccccc2-c2ccccc21)C(=O)N[C@@H]1CC[C@H](CC(=O)O)C1. The van der Waals surface area contributed by atoms with E-state index in [0.717, 1.165) is 24.0 Å². The summed E-state index contributed by atoms with van der Waals surface area (Å²) in [6.45, 7) is 0.460. The predicted octanol–water partition coefficient (Wildman–Crippen LogP) is 3.69. The zero-order valence-electron chi connectivity index (χ0n) is 19.9. The molecule has 1 unspecified atom stereocenters. The lowest BCUT2D eigenvalue weighted by Gasteiger charge is -2.19. The monoisotopic (exact) mass is 480 g/mol. The summed E-state index contributed by atoms with van der Waals surface area (Å²) in [7, 11) is 1.46. The molecule has 4 rings (SSSR count). The molecule has 1 saturated carbocycles. The van der Waals surface area contributed by atoms with E-state index in [4.69, 9.17) is 14.6 Å². The van der Waals surface area contributed by atoms with Crippen LogP contribution < -0.4 is 10.6 Å². The summed E-state index contributed by atoms with van der Waals surface area (Å²) in [4.78, 5) is 35.8. The number of carbonyl (C=O) groups excluding carboxylic acids is 2. The molecule has 2 amide bonds. The molecule has 2 aromatic carbocycles. The molecule has 8 heteroatoms. The van der Waals surface area contributed by atoms with Gasteiger partial charge in [0.2, 0.25) is 5.91 Å². The van der Waals surface area contributed by atoms with Gasteiger partial charge in [0.05, 0.1) is 0 Å².